The summed E-state index contributed by atoms with van der Waals surface area (Å²) in [6.07, 6.45) is 2.23. The zero-order valence-electron chi connectivity index (χ0n) is 12.6. The van der Waals surface area contributed by atoms with Crippen molar-refractivity contribution in [2.75, 3.05) is 6.54 Å². The topological polar surface area (TPSA) is 58.2 Å². The molecule has 20 heavy (non-hydrogen) atoms. The monoisotopic (exact) mass is 316 g/mol. The van der Waals surface area contributed by atoms with Gasteiger partial charge in [-0.1, -0.05) is 20.8 Å². The first-order chi connectivity index (χ1) is 9.22. The molecule has 0 aliphatic heterocycles. The highest BCUT2D eigenvalue weighted by molar-refractivity contribution is 7.91. The largest absolute Gasteiger partial charge is 0.310 e. The third kappa shape index (κ3) is 4.04. The van der Waals surface area contributed by atoms with Crippen LogP contribution < -0.4 is 10.0 Å². The van der Waals surface area contributed by atoms with E-state index in [-0.39, 0.29) is 5.41 Å². The Morgan fingerprint density at radius 1 is 1.40 bits per heavy atom. The molecule has 0 saturated heterocycles. The standard InChI is InChI=1S/C14H24N2O2S2/c1-10(2)15-8-12-11(3)7-13(19-12)20(17,18)16-9-14(4)5-6-14/h7,10,15-16H,5-6,8-9H2,1-4H3. The third-order valence-corrected chi connectivity index (χ3v) is 6.84. The van der Waals surface area contributed by atoms with Crippen LogP contribution in [0.3, 0.4) is 0 Å². The quantitative estimate of drug-likeness (QED) is 0.813. The summed E-state index contributed by atoms with van der Waals surface area (Å²) in [7, 11) is -3.35. The maximum Gasteiger partial charge on any atom is 0.250 e. The minimum Gasteiger partial charge on any atom is -0.310 e. The van der Waals surface area contributed by atoms with Gasteiger partial charge >= 0.3 is 0 Å². The van der Waals surface area contributed by atoms with Gasteiger partial charge in [-0.2, -0.15) is 0 Å². The van der Waals surface area contributed by atoms with Crippen molar-refractivity contribution < 1.29 is 8.42 Å². The lowest BCUT2D eigenvalue weighted by molar-refractivity contribution is 0.531. The Labute approximate surface area is 126 Å². The molecule has 114 valence electrons. The Hall–Kier alpha value is -0.430. The van der Waals surface area contributed by atoms with Crippen LogP contribution in [0.15, 0.2) is 10.3 Å². The van der Waals surface area contributed by atoms with E-state index >= 15 is 0 Å². The molecule has 1 heterocycles. The zero-order chi connectivity index (χ0) is 15.0. The first-order valence-corrected chi connectivity index (χ1v) is 9.34. The van der Waals surface area contributed by atoms with E-state index in [9.17, 15) is 8.42 Å². The molecule has 1 aromatic rings. The molecule has 1 aromatic heterocycles. The molecule has 0 spiro atoms. The minimum absolute atomic E-state index is 0.182. The molecule has 0 unspecified atom stereocenters. The van der Waals surface area contributed by atoms with Crippen molar-refractivity contribution in [1.29, 1.82) is 0 Å². The Morgan fingerprint density at radius 3 is 2.60 bits per heavy atom. The molecule has 1 saturated carbocycles. The number of rotatable bonds is 7. The lowest BCUT2D eigenvalue weighted by Crippen LogP contribution is -2.28. The predicted octanol–water partition coefficient (Wildman–Crippen LogP) is 2.63. The van der Waals surface area contributed by atoms with Crippen LogP contribution in [0.25, 0.3) is 0 Å². The number of nitrogens with one attached hydrogen (secondary N) is 2. The Balaban J connectivity index is 2.05. The van der Waals surface area contributed by atoms with Gasteiger partial charge in [0.2, 0.25) is 10.0 Å². The molecule has 1 aliphatic carbocycles. The maximum absolute atomic E-state index is 12.3. The van der Waals surface area contributed by atoms with Gasteiger partial charge in [0, 0.05) is 24.0 Å². The molecule has 0 aromatic carbocycles. The second kappa shape index (κ2) is 5.75. The maximum atomic E-state index is 12.3. The van der Waals surface area contributed by atoms with Crippen LogP contribution in [0.2, 0.25) is 0 Å². The van der Waals surface area contributed by atoms with Gasteiger partial charge in [-0.05, 0) is 36.8 Å². The lowest BCUT2D eigenvalue weighted by Gasteiger charge is -2.09. The van der Waals surface area contributed by atoms with Crippen LogP contribution in [-0.4, -0.2) is 21.0 Å². The summed E-state index contributed by atoms with van der Waals surface area (Å²) in [5.41, 5.74) is 1.22. The Bertz CT molecular complexity index is 572. The first-order valence-electron chi connectivity index (χ1n) is 7.04. The van der Waals surface area contributed by atoms with E-state index in [0.29, 0.717) is 16.8 Å². The smallest absolute Gasteiger partial charge is 0.250 e. The molecular formula is C14H24N2O2S2. The number of hydrogen-bond donors (Lipinski definition) is 2. The van der Waals surface area contributed by atoms with Gasteiger partial charge in [0.1, 0.15) is 4.21 Å². The second-order valence-electron chi connectivity index (χ2n) is 6.34. The van der Waals surface area contributed by atoms with Gasteiger partial charge in [0.15, 0.2) is 0 Å². The highest BCUT2D eigenvalue weighted by Gasteiger charge is 2.38. The van der Waals surface area contributed by atoms with E-state index in [4.69, 9.17) is 0 Å². The molecule has 1 fully saturated rings. The normalized spacial score (nSPS) is 17.6. The van der Waals surface area contributed by atoms with Gasteiger partial charge in [-0.3, -0.25) is 0 Å². The van der Waals surface area contributed by atoms with Gasteiger partial charge < -0.3 is 5.32 Å². The molecule has 2 rings (SSSR count). The summed E-state index contributed by atoms with van der Waals surface area (Å²) in [5.74, 6) is 0. The molecule has 0 radical (unpaired) electrons. The van der Waals surface area contributed by atoms with Crippen LogP contribution in [-0.2, 0) is 16.6 Å². The van der Waals surface area contributed by atoms with Gasteiger partial charge in [0.05, 0.1) is 0 Å². The summed E-state index contributed by atoms with van der Waals surface area (Å²) in [6.45, 7) is 9.52. The SMILES string of the molecule is Cc1cc(S(=O)(=O)NCC2(C)CC2)sc1CNC(C)C. The highest BCUT2D eigenvalue weighted by atomic mass is 32.2. The summed E-state index contributed by atoms with van der Waals surface area (Å²) >= 11 is 1.37. The Kier molecular flexibility index (Phi) is 4.59. The fourth-order valence-corrected chi connectivity index (χ4v) is 4.61. The van der Waals surface area contributed by atoms with Crippen molar-refractivity contribution in [3.8, 4) is 0 Å². The Morgan fingerprint density at radius 2 is 2.05 bits per heavy atom. The highest BCUT2D eigenvalue weighted by Crippen LogP contribution is 2.44. The predicted molar refractivity (Wildman–Crippen MR) is 83.6 cm³/mol. The average molecular weight is 316 g/mol. The molecule has 0 bridgehead atoms. The van der Waals surface area contributed by atoms with Gasteiger partial charge in [-0.25, -0.2) is 13.1 Å². The van der Waals surface area contributed by atoms with Crippen molar-refractivity contribution >= 4 is 21.4 Å². The molecule has 6 heteroatoms. The van der Waals surface area contributed by atoms with Crippen LogP contribution in [0.4, 0.5) is 0 Å². The zero-order valence-corrected chi connectivity index (χ0v) is 14.2. The van der Waals surface area contributed by atoms with E-state index in [0.717, 1.165) is 29.8 Å². The van der Waals surface area contributed by atoms with Crippen molar-refractivity contribution in [3.05, 3.63) is 16.5 Å². The van der Waals surface area contributed by atoms with Gasteiger partial charge in [-0.15, -0.1) is 11.3 Å². The number of thiophene rings is 1. The fraction of sp³-hybridized carbons (Fsp3) is 0.714. The van der Waals surface area contributed by atoms with Crippen molar-refractivity contribution in [1.82, 2.24) is 10.0 Å². The summed E-state index contributed by atoms with van der Waals surface area (Å²) in [4.78, 5) is 1.09. The minimum atomic E-state index is -3.35. The molecule has 2 N–H and O–H groups in total. The van der Waals surface area contributed by atoms with Crippen LogP contribution in [0.1, 0.15) is 44.1 Å². The van der Waals surface area contributed by atoms with E-state index < -0.39 is 10.0 Å². The summed E-state index contributed by atoms with van der Waals surface area (Å²) in [5, 5.41) is 3.33. The first kappa shape index (κ1) is 15.9. The molecule has 1 aliphatic rings. The molecule has 0 amide bonds. The van der Waals surface area contributed by atoms with E-state index in [1.807, 2.05) is 6.92 Å². The van der Waals surface area contributed by atoms with E-state index in [1.165, 1.54) is 11.3 Å². The molecule has 0 atom stereocenters. The van der Waals surface area contributed by atoms with Crippen molar-refractivity contribution in [2.45, 2.75) is 57.3 Å². The molecule has 4 nitrogen and oxygen atoms in total. The van der Waals surface area contributed by atoms with E-state index in [2.05, 4.69) is 30.8 Å². The van der Waals surface area contributed by atoms with Crippen LogP contribution in [0.5, 0.6) is 0 Å². The molecular weight excluding hydrogens is 292 g/mol. The number of sulfonamides is 1. The van der Waals surface area contributed by atoms with Gasteiger partial charge in [0.25, 0.3) is 0 Å². The summed E-state index contributed by atoms with van der Waals surface area (Å²) in [6, 6.07) is 2.17. The second-order valence-corrected chi connectivity index (χ2v) is 9.47. The lowest BCUT2D eigenvalue weighted by atomic mass is 10.2. The third-order valence-electron chi connectivity index (χ3n) is 3.73. The van der Waals surface area contributed by atoms with Crippen molar-refractivity contribution in [2.24, 2.45) is 5.41 Å². The average Bonchev–Trinajstić information content (AvgIpc) is 2.96. The summed E-state index contributed by atoms with van der Waals surface area (Å²) < 4.78 is 27.8. The van der Waals surface area contributed by atoms with E-state index in [1.54, 1.807) is 6.07 Å². The van der Waals surface area contributed by atoms with Crippen molar-refractivity contribution in [3.63, 3.8) is 0 Å². The fourth-order valence-electron chi connectivity index (χ4n) is 1.82. The van der Waals surface area contributed by atoms with Crippen LogP contribution >= 0.6 is 11.3 Å². The number of aryl methyl sites for hydroxylation is 1. The number of hydrogen-bond acceptors (Lipinski definition) is 4. The van der Waals surface area contributed by atoms with Crippen LogP contribution in [0, 0.1) is 12.3 Å².